The van der Waals surface area contributed by atoms with Crippen LogP contribution in [0.4, 0.5) is 0 Å². The maximum Gasteiger partial charge on any atom is 0.0376 e. The van der Waals surface area contributed by atoms with E-state index in [1.54, 1.807) is 0 Å². The zero-order valence-corrected chi connectivity index (χ0v) is 7.92. The molecule has 0 aliphatic carbocycles. The number of hydrogen-bond acceptors (Lipinski definition) is 1. The molecule has 0 bridgehead atoms. The minimum atomic E-state index is 0. The van der Waals surface area contributed by atoms with E-state index in [0.29, 0.717) is 6.04 Å². The highest BCUT2D eigenvalue weighted by Gasteiger charge is 2.16. The highest BCUT2D eigenvalue weighted by Crippen LogP contribution is 2.11. The van der Waals surface area contributed by atoms with Crippen molar-refractivity contribution >= 4 is 24.0 Å². The summed E-state index contributed by atoms with van der Waals surface area (Å²) in [6.45, 7) is 4.71. The van der Waals surface area contributed by atoms with Gasteiger partial charge in [0.25, 0.3) is 0 Å². The van der Waals surface area contributed by atoms with Gasteiger partial charge in [-0.05, 0) is 32.9 Å². The average Bonchev–Trinajstić information content (AvgIpc) is 2.37. The van der Waals surface area contributed by atoms with Crippen LogP contribution in [0.25, 0.3) is 0 Å². The van der Waals surface area contributed by atoms with E-state index in [-0.39, 0.29) is 12.4 Å². The first-order valence-electron chi connectivity index (χ1n) is 3.64. The number of alkyl halides is 1. The van der Waals surface area contributed by atoms with Crippen LogP contribution >= 0.6 is 24.0 Å². The van der Waals surface area contributed by atoms with Gasteiger partial charge >= 0.3 is 0 Å². The minimum Gasteiger partial charge on any atom is -0.299 e. The number of rotatable bonds is 2. The molecule has 0 saturated carbocycles. The van der Waals surface area contributed by atoms with E-state index in [2.05, 4.69) is 11.8 Å². The fourth-order valence-electron chi connectivity index (χ4n) is 1.28. The van der Waals surface area contributed by atoms with Gasteiger partial charge in [-0.3, -0.25) is 4.90 Å². The summed E-state index contributed by atoms with van der Waals surface area (Å²) < 4.78 is 0. The second-order valence-corrected chi connectivity index (χ2v) is 3.06. The van der Waals surface area contributed by atoms with E-state index in [1.807, 2.05) is 0 Å². The first kappa shape index (κ1) is 10.5. The lowest BCUT2D eigenvalue weighted by molar-refractivity contribution is 0.279. The molecule has 0 spiro atoms. The summed E-state index contributed by atoms with van der Waals surface area (Å²) in [5, 5.41) is 0. The van der Waals surface area contributed by atoms with Gasteiger partial charge in [0.05, 0.1) is 0 Å². The third-order valence-electron chi connectivity index (χ3n) is 1.99. The molecule has 0 amide bonds. The van der Waals surface area contributed by atoms with E-state index in [4.69, 9.17) is 11.6 Å². The van der Waals surface area contributed by atoms with Crippen LogP contribution in [0.1, 0.15) is 19.8 Å². The number of nitrogens with zero attached hydrogens (tertiary/aromatic N) is 1. The first-order valence-corrected chi connectivity index (χ1v) is 4.18. The second kappa shape index (κ2) is 5.22. The zero-order valence-electron chi connectivity index (χ0n) is 6.35. The van der Waals surface area contributed by atoms with Gasteiger partial charge in [0, 0.05) is 11.9 Å². The van der Waals surface area contributed by atoms with Gasteiger partial charge in [0.15, 0.2) is 0 Å². The van der Waals surface area contributed by atoms with E-state index in [0.717, 1.165) is 5.88 Å². The van der Waals surface area contributed by atoms with Gasteiger partial charge in [-0.15, -0.1) is 24.0 Å². The highest BCUT2D eigenvalue weighted by molar-refractivity contribution is 6.18. The maximum atomic E-state index is 5.69. The number of likely N-dealkylation sites (tertiary alicyclic amines) is 1. The summed E-state index contributed by atoms with van der Waals surface area (Å²) in [4.78, 5) is 2.45. The smallest absolute Gasteiger partial charge is 0.0376 e. The van der Waals surface area contributed by atoms with Crippen molar-refractivity contribution in [2.24, 2.45) is 0 Å². The van der Waals surface area contributed by atoms with Gasteiger partial charge in [0.2, 0.25) is 0 Å². The molecule has 1 fully saturated rings. The van der Waals surface area contributed by atoms with Crippen molar-refractivity contribution in [1.82, 2.24) is 4.90 Å². The van der Waals surface area contributed by atoms with Crippen LogP contribution in [-0.4, -0.2) is 29.9 Å². The monoisotopic (exact) mass is 183 g/mol. The summed E-state index contributed by atoms with van der Waals surface area (Å²) >= 11 is 5.69. The van der Waals surface area contributed by atoms with Crippen molar-refractivity contribution in [3.63, 3.8) is 0 Å². The Morgan fingerprint density at radius 1 is 1.40 bits per heavy atom. The Bertz CT molecular complexity index is 81.7. The average molecular weight is 184 g/mol. The lowest BCUT2D eigenvalue weighted by atomic mass is 10.3. The molecule has 1 atom stereocenters. The molecule has 0 aromatic rings. The van der Waals surface area contributed by atoms with Crippen LogP contribution < -0.4 is 0 Å². The molecule has 1 heterocycles. The quantitative estimate of drug-likeness (QED) is 0.594. The Hall–Kier alpha value is 0.540. The van der Waals surface area contributed by atoms with Gasteiger partial charge in [-0.1, -0.05) is 0 Å². The van der Waals surface area contributed by atoms with Crippen molar-refractivity contribution in [3.8, 4) is 0 Å². The predicted octanol–water partition coefficient (Wildman–Crippen LogP) is 2.13. The van der Waals surface area contributed by atoms with Crippen molar-refractivity contribution in [3.05, 3.63) is 0 Å². The molecule has 0 aromatic carbocycles. The molecule has 1 aliphatic heterocycles. The van der Waals surface area contributed by atoms with Gasteiger partial charge < -0.3 is 0 Å². The van der Waals surface area contributed by atoms with Crippen LogP contribution in [-0.2, 0) is 0 Å². The first-order chi connectivity index (χ1) is 4.34. The summed E-state index contributed by atoms with van der Waals surface area (Å²) in [7, 11) is 0. The summed E-state index contributed by atoms with van der Waals surface area (Å²) in [5.41, 5.74) is 0. The summed E-state index contributed by atoms with van der Waals surface area (Å²) in [6, 6.07) is 0.592. The lowest BCUT2D eigenvalue weighted by Gasteiger charge is -2.20. The fraction of sp³-hybridized carbons (Fsp3) is 1.00. The minimum absolute atomic E-state index is 0. The Labute approximate surface area is 74.1 Å². The van der Waals surface area contributed by atoms with E-state index in [9.17, 15) is 0 Å². The maximum absolute atomic E-state index is 5.69. The molecule has 1 nitrogen and oxygen atoms in total. The summed E-state index contributed by atoms with van der Waals surface area (Å²) in [6.07, 6.45) is 2.72. The number of halogens is 2. The van der Waals surface area contributed by atoms with Crippen LogP contribution in [0.3, 0.4) is 0 Å². The normalized spacial score (nSPS) is 22.2. The molecule has 0 aromatic heterocycles. The van der Waals surface area contributed by atoms with Crippen LogP contribution in [0, 0.1) is 0 Å². The van der Waals surface area contributed by atoms with Crippen molar-refractivity contribution in [1.29, 1.82) is 0 Å². The van der Waals surface area contributed by atoms with Crippen molar-refractivity contribution in [2.45, 2.75) is 25.8 Å². The van der Waals surface area contributed by atoms with Crippen LogP contribution in [0.5, 0.6) is 0 Å². The van der Waals surface area contributed by atoms with E-state index < -0.39 is 0 Å². The third kappa shape index (κ3) is 2.65. The van der Waals surface area contributed by atoms with E-state index in [1.165, 1.54) is 25.9 Å². The molecule has 0 radical (unpaired) electrons. The molecule has 0 N–H and O–H groups in total. The second-order valence-electron chi connectivity index (χ2n) is 2.75. The predicted molar refractivity (Wildman–Crippen MR) is 48.2 cm³/mol. The van der Waals surface area contributed by atoms with Crippen LogP contribution in [0.2, 0.25) is 0 Å². The van der Waals surface area contributed by atoms with Gasteiger partial charge in [-0.2, -0.15) is 0 Å². The zero-order chi connectivity index (χ0) is 6.69. The molecule has 62 valence electrons. The molecular weight excluding hydrogens is 169 g/mol. The molecule has 3 heteroatoms. The van der Waals surface area contributed by atoms with Crippen molar-refractivity contribution < 1.29 is 0 Å². The largest absolute Gasteiger partial charge is 0.299 e. The Kier molecular flexibility index (Phi) is 5.51. The molecule has 10 heavy (non-hydrogen) atoms. The summed E-state index contributed by atoms with van der Waals surface area (Å²) in [5.74, 6) is 0.778. The Morgan fingerprint density at radius 2 is 1.90 bits per heavy atom. The Balaban J connectivity index is 0.000000810. The molecule has 1 rings (SSSR count). The van der Waals surface area contributed by atoms with E-state index >= 15 is 0 Å². The molecule has 1 aliphatic rings. The SMILES string of the molecule is C[C@@H](CCl)N1CCCC1.Cl. The molecule has 1 saturated heterocycles. The molecule has 0 unspecified atom stereocenters. The third-order valence-corrected chi connectivity index (χ3v) is 2.43. The number of hydrogen-bond donors (Lipinski definition) is 0. The highest BCUT2D eigenvalue weighted by atomic mass is 35.5. The fourth-order valence-corrected chi connectivity index (χ4v) is 1.48. The van der Waals surface area contributed by atoms with Gasteiger partial charge in [-0.25, -0.2) is 0 Å². The molecular formula is C7H15Cl2N. The Morgan fingerprint density at radius 3 is 2.30 bits per heavy atom. The van der Waals surface area contributed by atoms with Crippen molar-refractivity contribution in [2.75, 3.05) is 19.0 Å². The lowest BCUT2D eigenvalue weighted by Crippen LogP contribution is -2.31. The van der Waals surface area contributed by atoms with Crippen LogP contribution in [0.15, 0.2) is 0 Å². The standard InChI is InChI=1S/C7H14ClN.ClH/c1-7(6-8)9-4-2-3-5-9;/h7H,2-6H2,1H3;1H/t7-;/m0./s1. The topological polar surface area (TPSA) is 3.24 Å². The van der Waals surface area contributed by atoms with Gasteiger partial charge in [0.1, 0.15) is 0 Å².